The Morgan fingerprint density at radius 2 is 1.74 bits per heavy atom. The number of carbonyl (C=O) groups excluding carboxylic acids is 2. The molecule has 0 unspecified atom stereocenters. The molecule has 1 heterocycles. The van der Waals surface area contributed by atoms with Crippen molar-refractivity contribution >= 4 is 45.8 Å². The predicted octanol–water partition coefficient (Wildman–Crippen LogP) is 5.66. The monoisotopic (exact) mass is 434 g/mol. The Morgan fingerprint density at radius 1 is 0.968 bits per heavy atom. The van der Waals surface area contributed by atoms with E-state index >= 15 is 0 Å². The van der Waals surface area contributed by atoms with Gasteiger partial charge < -0.3 is 19.8 Å². The van der Waals surface area contributed by atoms with Gasteiger partial charge in [0, 0.05) is 21.8 Å². The van der Waals surface area contributed by atoms with Crippen molar-refractivity contribution in [1.82, 2.24) is 0 Å². The van der Waals surface area contributed by atoms with E-state index in [0.29, 0.717) is 27.7 Å². The van der Waals surface area contributed by atoms with Crippen LogP contribution in [0.15, 0.2) is 77.2 Å². The van der Waals surface area contributed by atoms with E-state index in [4.69, 9.17) is 20.8 Å². The summed E-state index contributed by atoms with van der Waals surface area (Å²) >= 11 is 5.83. The van der Waals surface area contributed by atoms with Crippen LogP contribution in [0.25, 0.3) is 11.0 Å². The summed E-state index contributed by atoms with van der Waals surface area (Å²) < 4.78 is 11.0. The van der Waals surface area contributed by atoms with Gasteiger partial charge in [-0.2, -0.15) is 0 Å². The van der Waals surface area contributed by atoms with Crippen LogP contribution >= 0.6 is 11.6 Å². The SMILES string of the molecule is Cc1cc(NC(=O)COc2ccc(Cl)cc2)ccc1NC(=O)c1cc2ccccc2o1. The number of furan rings is 1. The van der Waals surface area contributed by atoms with Crippen LogP contribution in [-0.4, -0.2) is 18.4 Å². The Labute approximate surface area is 183 Å². The van der Waals surface area contributed by atoms with Crippen molar-refractivity contribution in [2.45, 2.75) is 6.92 Å². The maximum Gasteiger partial charge on any atom is 0.291 e. The molecular weight excluding hydrogens is 416 g/mol. The highest BCUT2D eigenvalue weighted by molar-refractivity contribution is 6.30. The van der Waals surface area contributed by atoms with E-state index in [2.05, 4.69) is 10.6 Å². The van der Waals surface area contributed by atoms with Gasteiger partial charge in [-0.15, -0.1) is 0 Å². The smallest absolute Gasteiger partial charge is 0.291 e. The van der Waals surface area contributed by atoms with Gasteiger partial charge >= 0.3 is 0 Å². The average molecular weight is 435 g/mol. The van der Waals surface area contributed by atoms with E-state index in [1.54, 1.807) is 48.5 Å². The number of hydrogen-bond donors (Lipinski definition) is 2. The number of para-hydroxylation sites is 1. The number of ether oxygens (including phenoxy) is 1. The van der Waals surface area contributed by atoms with Crippen LogP contribution in [0.4, 0.5) is 11.4 Å². The van der Waals surface area contributed by atoms with Gasteiger partial charge in [0.1, 0.15) is 11.3 Å². The molecule has 4 rings (SSSR count). The number of benzene rings is 3. The van der Waals surface area contributed by atoms with Crippen LogP contribution < -0.4 is 15.4 Å². The van der Waals surface area contributed by atoms with Crippen LogP contribution in [0.2, 0.25) is 5.02 Å². The number of anilines is 2. The highest BCUT2D eigenvalue weighted by Gasteiger charge is 2.14. The molecule has 0 aliphatic carbocycles. The zero-order chi connectivity index (χ0) is 21.8. The fraction of sp³-hybridized carbons (Fsp3) is 0.0833. The number of amides is 2. The zero-order valence-corrected chi connectivity index (χ0v) is 17.4. The minimum Gasteiger partial charge on any atom is -0.484 e. The molecule has 156 valence electrons. The van der Waals surface area contributed by atoms with Crippen LogP contribution in [-0.2, 0) is 4.79 Å². The molecule has 7 heteroatoms. The first kappa shape index (κ1) is 20.5. The molecule has 0 bridgehead atoms. The van der Waals surface area contributed by atoms with Crippen molar-refractivity contribution in [3.05, 3.63) is 89.1 Å². The largest absolute Gasteiger partial charge is 0.484 e. The lowest BCUT2D eigenvalue weighted by atomic mass is 10.1. The van der Waals surface area contributed by atoms with E-state index in [1.165, 1.54) is 0 Å². The van der Waals surface area contributed by atoms with Crippen molar-refractivity contribution in [3.63, 3.8) is 0 Å². The highest BCUT2D eigenvalue weighted by atomic mass is 35.5. The second-order valence-corrected chi connectivity index (χ2v) is 7.36. The lowest BCUT2D eigenvalue weighted by molar-refractivity contribution is -0.118. The Morgan fingerprint density at radius 3 is 2.48 bits per heavy atom. The summed E-state index contributed by atoms with van der Waals surface area (Å²) in [6.45, 7) is 1.71. The van der Waals surface area contributed by atoms with Crippen molar-refractivity contribution in [1.29, 1.82) is 0 Å². The number of halogens is 1. The van der Waals surface area contributed by atoms with Crippen LogP contribution in [0.3, 0.4) is 0 Å². The molecule has 2 amide bonds. The van der Waals surface area contributed by atoms with E-state index in [1.807, 2.05) is 31.2 Å². The molecule has 0 fully saturated rings. The Balaban J connectivity index is 1.36. The summed E-state index contributed by atoms with van der Waals surface area (Å²) in [4.78, 5) is 24.7. The molecule has 3 aromatic carbocycles. The predicted molar refractivity (Wildman–Crippen MR) is 121 cm³/mol. The molecule has 1 aromatic heterocycles. The number of rotatable bonds is 6. The van der Waals surface area contributed by atoms with Crippen molar-refractivity contribution in [3.8, 4) is 5.75 Å². The highest BCUT2D eigenvalue weighted by Crippen LogP contribution is 2.23. The fourth-order valence-corrected chi connectivity index (χ4v) is 3.16. The fourth-order valence-electron chi connectivity index (χ4n) is 3.04. The number of fused-ring (bicyclic) bond motifs is 1. The number of aryl methyl sites for hydroxylation is 1. The van der Waals surface area contributed by atoms with Gasteiger partial charge in [-0.05, 0) is 67.1 Å². The molecule has 0 aliphatic rings. The number of carbonyl (C=O) groups is 2. The summed E-state index contributed by atoms with van der Waals surface area (Å²) in [5.74, 6) is 0.151. The Bertz CT molecular complexity index is 1220. The number of nitrogens with one attached hydrogen (secondary N) is 2. The molecule has 2 N–H and O–H groups in total. The molecule has 0 atom stereocenters. The summed E-state index contributed by atoms with van der Waals surface area (Å²) in [7, 11) is 0. The van der Waals surface area contributed by atoms with Gasteiger partial charge in [0.05, 0.1) is 0 Å². The van der Waals surface area contributed by atoms with E-state index < -0.39 is 0 Å². The molecule has 0 radical (unpaired) electrons. The van der Waals surface area contributed by atoms with Crippen molar-refractivity contribution in [2.75, 3.05) is 17.2 Å². The minimum absolute atomic E-state index is 0.134. The molecule has 0 saturated heterocycles. The third kappa shape index (κ3) is 5.05. The number of hydrogen-bond acceptors (Lipinski definition) is 4. The summed E-state index contributed by atoms with van der Waals surface area (Å²) in [5, 5.41) is 7.07. The van der Waals surface area contributed by atoms with E-state index in [9.17, 15) is 9.59 Å². The topological polar surface area (TPSA) is 80.6 Å². The second kappa shape index (κ2) is 8.93. The first-order valence-corrected chi connectivity index (χ1v) is 9.94. The molecule has 0 saturated carbocycles. The molecular formula is C24H19ClN2O4. The standard InChI is InChI=1S/C24H19ClN2O4/c1-15-12-18(26-23(28)14-30-19-9-6-17(25)7-10-19)8-11-20(15)27-24(29)22-13-16-4-2-3-5-21(16)31-22/h2-13H,14H2,1H3,(H,26,28)(H,27,29). The van der Waals surface area contributed by atoms with Gasteiger partial charge in [0.15, 0.2) is 12.4 Å². The molecule has 6 nitrogen and oxygen atoms in total. The maximum atomic E-state index is 12.5. The maximum absolute atomic E-state index is 12.5. The summed E-state index contributed by atoms with van der Waals surface area (Å²) in [5.41, 5.74) is 2.67. The first-order chi connectivity index (χ1) is 15.0. The van der Waals surface area contributed by atoms with E-state index in [0.717, 1.165) is 10.9 Å². The van der Waals surface area contributed by atoms with Gasteiger partial charge in [0.25, 0.3) is 11.8 Å². The lowest BCUT2D eigenvalue weighted by Crippen LogP contribution is -2.20. The van der Waals surface area contributed by atoms with Gasteiger partial charge in [-0.3, -0.25) is 9.59 Å². The second-order valence-electron chi connectivity index (χ2n) is 6.92. The van der Waals surface area contributed by atoms with Gasteiger partial charge in [0.2, 0.25) is 0 Å². The van der Waals surface area contributed by atoms with Gasteiger partial charge in [-0.1, -0.05) is 29.8 Å². The summed E-state index contributed by atoms with van der Waals surface area (Å²) in [6.07, 6.45) is 0. The van der Waals surface area contributed by atoms with Crippen LogP contribution in [0.1, 0.15) is 16.1 Å². The molecule has 0 aliphatic heterocycles. The molecule has 4 aromatic rings. The Hall–Kier alpha value is -3.77. The van der Waals surface area contributed by atoms with Crippen molar-refractivity contribution in [2.24, 2.45) is 0 Å². The first-order valence-electron chi connectivity index (χ1n) is 9.57. The van der Waals surface area contributed by atoms with Crippen LogP contribution in [0.5, 0.6) is 5.75 Å². The summed E-state index contributed by atoms with van der Waals surface area (Å²) in [6, 6.07) is 21.1. The minimum atomic E-state index is -0.340. The third-order valence-corrected chi connectivity index (χ3v) is 4.84. The quantitative estimate of drug-likeness (QED) is 0.410. The van der Waals surface area contributed by atoms with Crippen molar-refractivity contribution < 1.29 is 18.7 Å². The third-order valence-electron chi connectivity index (χ3n) is 4.59. The Kier molecular flexibility index (Phi) is 5.91. The lowest BCUT2D eigenvalue weighted by Gasteiger charge is -2.11. The van der Waals surface area contributed by atoms with Crippen LogP contribution in [0, 0.1) is 6.92 Å². The van der Waals surface area contributed by atoms with Gasteiger partial charge in [-0.25, -0.2) is 0 Å². The molecule has 31 heavy (non-hydrogen) atoms. The van der Waals surface area contributed by atoms with E-state index in [-0.39, 0.29) is 24.2 Å². The normalized spacial score (nSPS) is 10.6. The average Bonchev–Trinajstić information content (AvgIpc) is 3.20. The zero-order valence-electron chi connectivity index (χ0n) is 16.6. The molecule has 0 spiro atoms.